The van der Waals surface area contributed by atoms with Gasteiger partial charge in [0.05, 0.1) is 23.5 Å². The van der Waals surface area contributed by atoms with Gasteiger partial charge in [0, 0.05) is 35.4 Å². The molecule has 3 heterocycles. The Kier molecular flexibility index (Phi) is 6.24. The molecule has 1 unspecified atom stereocenters. The highest BCUT2D eigenvalue weighted by atomic mass is 19.1. The first-order chi connectivity index (χ1) is 17.4. The van der Waals surface area contributed by atoms with Gasteiger partial charge in [-0.2, -0.15) is 10.2 Å². The summed E-state index contributed by atoms with van der Waals surface area (Å²) < 4.78 is 14.6. The van der Waals surface area contributed by atoms with Crippen LogP contribution in [0, 0.1) is 6.92 Å². The van der Waals surface area contributed by atoms with Crippen molar-refractivity contribution in [2.45, 2.75) is 38.9 Å². The van der Waals surface area contributed by atoms with Crippen molar-refractivity contribution in [3.63, 3.8) is 0 Å². The van der Waals surface area contributed by atoms with Crippen LogP contribution in [0.15, 0.2) is 65.2 Å². The van der Waals surface area contributed by atoms with Crippen LogP contribution < -0.4 is 11.2 Å². The molecule has 1 aliphatic carbocycles. The van der Waals surface area contributed by atoms with Gasteiger partial charge in [0.1, 0.15) is 5.71 Å². The molecule has 5 rings (SSSR count). The third-order valence-electron chi connectivity index (χ3n) is 6.06. The van der Waals surface area contributed by atoms with E-state index in [1.165, 1.54) is 37.7 Å². The van der Waals surface area contributed by atoms with E-state index in [9.17, 15) is 9.18 Å². The number of carbonyl (C=O) groups excluding carboxylic acids is 1. The zero-order valence-electron chi connectivity index (χ0n) is 19.9. The summed E-state index contributed by atoms with van der Waals surface area (Å²) in [5, 5.41) is 10.9. The smallest absolute Gasteiger partial charge is 0.259 e. The van der Waals surface area contributed by atoms with Crippen LogP contribution >= 0.6 is 0 Å². The van der Waals surface area contributed by atoms with Gasteiger partial charge in [-0.05, 0) is 61.9 Å². The van der Waals surface area contributed by atoms with Gasteiger partial charge < -0.3 is 11.2 Å². The summed E-state index contributed by atoms with van der Waals surface area (Å²) in [4.78, 5) is 25.9. The van der Waals surface area contributed by atoms with Crippen LogP contribution in [0.25, 0.3) is 16.9 Å². The molecule has 1 aliphatic rings. The van der Waals surface area contributed by atoms with E-state index in [0.717, 1.165) is 11.1 Å². The number of anilines is 1. The summed E-state index contributed by atoms with van der Waals surface area (Å²) in [5.41, 5.74) is 5.43. The lowest BCUT2D eigenvalue weighted by molar-refractivity contribution is 0.102. The van der Waals surface area contributed by atoms with E-state index >= 15 is 0 Å². The van der Waals surface area contributed by atoms with Gasteiger partial charge in [-0.15, -0.1) is 0 Å². The standard InChI is InChI=1S/C26H25FN8O/c1-15-3-4-18(25-30-10-20(11-31-25)17-5-6-17)9-22(15)33-26(36)21-12-32-35-14-19(7-8-24(21)35)23(34-28)13-29-16(2)27/h3-4,7-14,16-17H,5-6,28H2,1-2H3,(H,33,36)/b29-13+,34-23+. The first kappa shape index (κ1) is 23.3. The number of halogens is 1. The number of rotatable bonds is 7. The summed E-state index contributed by atoms with van der Waals surface area (Å²) >= 11 is 0. The van der Waals surface area contributed by atoms with Gasteiger partial charge in [0.2, 0.25) is 0 Å². The monoisotopic (exact) mass is 484 g/mol. The summed E-state index contributed by atoms with van der Waals surface area (Å²) in [6.45, 7) is 3.23. The molecule has 0 bridgehead atoms. The Bertz CT molecular complexity index is 1490. The molecule has 0 aliphatic heterocycles. The number of amides is 1. The van der Waals surface area contributed by atoms with Crippen LogP contribution in [0.3, 0.4) is 0 Å². The summed E-state index contributed by atoms with van der Waals surface area (Å²) in [6.07, 6.45) is 9.20. The number of aromatic nitrogens is 4. The molecule has 3 N–H and O–H groups in total. The fraction of sp³-hybridized carbons (Fsp3) is 0.231. The van der Waals surface area contributed by atoms with E-state index in [-0.39, 0.29) is 5.91 Å². The number of aliphatic imine (C=N–C) groups is 1. The average Bonchev–Trinajstić information content (AvgIpc) is 3.64. The number of nitrogens with one attached hydrogen (secondary N) is 1. The van der Waals surface area contributed by atoms with Crippen molar-refractivity contribution in [2.75, 3.05) is 5.32 Å². The average molecular weight is 485 g/mol. The van der Waals surface area contributed by atoms with Crippen molar-refractivity contribution in [3.05, 3.63) is 77.4 Å². The zero-order valence-corrected chi connectivity index (χ0v) is 19.9. The van der Waals surface area contributed by atoms with Crippen molar-refractivity contribution in [2.24, 2.45) is 15.9 Å². The van der Waals surface area contributed by atoms with Gasteiger partial charge in [-0.1, -0.05) is 12.1 Å². The van der Waals surface area contributed by atoms with Crippen molar-refractivity contribution >= 4 is 29.0 Å². The Balaban J connectivity index is 1.38. The van der Waals surface area contributed by atoms with Crippen LogP contribution in [0.5, 0.6) is 0 Å². The Labute approximate surface area is 207 Å². The number of alkyl halides is 1. The van der Waals surface area contributed by atoms with Crippen LogP contribution in [0.4, 0.5) is 10.1 Å². The third kappa shape index (κ3) is 4.83. The molecule has 10 heteroatoms. The molecule has 1 amide bonds. The molecular weight excluding hydrogens is 459 g/mol. The lowest BCUT2D eigenvalue weighted by Gasteiger charge is -2.10. The van der Waals surface area contributed by atoms with Crippen LogP contribution in [-0.2, 0) is 0 Å². The number of carbonyl (C=O) groups is 1. The fourth-order valence-electron chi connectivity index (χ4n) is 3.87. The molecule has 0 radical (unpaired) electrons. The number of aryl methyl sites for hydroxylation is 1. The molecule has 1 saturated carbocycles. The summed E-state index contributed by atoms with van der Waals surface area (Å²) in [5.74, 6) is 6.34. The number of benzene rings is 1. The van der Waals surface area contributed by atoms with Crippen molar-refractivity contribution in [3.8, 4) is 11.4 Å². The number of hydrogen-bond donors (Lipinski definition) is 2. The lowest BCUT2D eigenvalue weighted by Crippen LogP contribution is -2.13. The van der Waals surface area contributed by atoms with Crippen LogP contribution in [0.1, 0.15) is 52.7 Å². The van der Waals surface area contributed by atoms with E-state index in [1.54, 1.807) is 22.8 Å². The lowest BCUT2D eigenvalue weighted by atomic mass is 10.1. The van der Waals surface area contributed by atoms with E-state index in [2.05, 4.69) is 30.5 Å². The van der Waals surface area contributed by atoms with Crippen LogP contribution in [0.2, 0.25) is 0 Å². The number of hydrogen-bond acceptors (Lipinski definition) is 7. The van der Waals surface area contributed by atoms with Gasteiger partial charge in [-0.25, -0.2) is 18.9 Å². The van der Waals surface area contributed by atoms with Crippen molar-refractivity contribution in [1.29, 1.82) is 0 Å². The fourth-order valence-corrected chi connectivity index (χ4v) is 3.87. The van der Waals surface area contributed by atoms with E-state index < -0.39 is 6.30 Å². The van der Waals surface area contributed by atoms with E-state index in [4.69, 9.17) is 5.84 Å². The SMILES string of the molecule is Cc1ccc(-c2ncc(C3CC3)cn2)cc1NC(=O)c1cnn2cc(C(/C=N/C(C)F)=N/N)ccc12. The highest BCUT2D eigenvalue weighted by Gasteiger charge is 2.24. The Morgan fingerprint density at radius 3 is 2.69 bits per heavy atom. The summed E-state index contributed by atoms with van der Waals surface area (Å²) in [6, 6.07) is 9.20. The van der Waals surface area contributed by atoms with Gasteiger partial charge in [0.25, 0.3) is 5.91 Å². The molecule has 1 fully saturated rings. The quantitative estimate of drug-likeness (QED) is 0.175. The third-order valence-corrected chi connectivity index (χ3v) is 6.06. The van der Waals surface area contributed by atoms with Gasteiger partial charge in [-0.3, -0.25) is 9.79 Å². The first-order valence-electron chi connectivity index (χ1n) is 11.6. The maximum atomic E-state index is 13.2. The van der Waals surface area contributed by atoms with E-state index in [1.807, 2.05) is 37.5 Å². The molecule has 0 spiro atoms. The van der Waals surface area contributed by atoms with E-state index in [0.29, 0.717) is 39.8 Å². The minimum Gasteiger partial charge on any atom is -0.323 e. The predicted molar refractivity (Wildman–Crippen MR) is 137 cm³/mol. The van der Waals surface area contributed by atoms with Crippen molar-refractivity contribution in [1.82, 2.24) is 19.6 Å². The van der Waals surface area contributed by atoms with Crippen molar-refractivity contribution < 1.29 is 9.18 Å². The normalized spacial score (nSPS) is 14.9. The number of hydrazone groups is 1. The topological polar surface area (TPSA) is 123 Å². The molecule has 36 heavy (non-hydrogen) atoms. The van der Waals surface area contributed by atoms with Gasteiger partial charge >= 0.3 is 0 Å². The minimum atomic E-state index is -1.37. The van der Waals surface area contributed by atoms with Gasteiger partial charge in [0.15, 0.2) is 12.1 Å². The molecule has 3 aromatic heterocycles. The second-order valence-corrected chi connectivity index (χ2v) is 8.77. The van der Waals surface area contributed by atoms with Crippen LogP contribution in [-0.4, -0.2) is 43.7 Å². The zero-order chi connectivity index (χ0) is 25.2. The number of fused-ring (bicyclic) bond motifs is 1. The first-order valence-corrected chi connectivity index (χ1v) is 11.6. The maximum absolute atomic E-state index is 13.2. The maximum Gasteiger partial charge on any atom is 0.259 e. The Morgan fingerprint density at radius 1 is 1.22 bits per heavy atom. The highest BCUT2D eigenvalue weighted by molar-refractivity contribution is 6.38. The second kappa shape index (κ2) is 9.65. The number of nitrogens with zero attached hydrogens (tertiary/aromatic N) is 6. The molecular formula is C26H25FN8O. The Hall–Kier alpha value is -4.47. The number of pyridine rings is 1. The minimum absolute atomic E-state index is 0.294. The summed E-state index contributed by atoms with van der Waals surface area (Å²) in [7, 11) is 0. The largest absolute Gasteiger partial charge is 0.323 e. The highest BCUT2D eigenvalue weighted by Crippen LogP contribution is 2.39. The molecule has 182 valence electrons. The number of nitrogens with two attached hydrogens (primary N) is 1. The molecule has 1 atom stereocenters. The molecule has 4 aromatic rings. The molecule has 9 nitrogen and oxygen atoms in total. The molecule has 1 aromatic carbocycles. The molecule has 0 saturated heterocycles. The Morgan fingerprint density at radius 2 is 2.00 bits per heavy atom. The second-order valence-electron chi connectivity index (χ2n) is 8.77. The predicted octanol–water partition coefficient (Wildman–Crippen LogP) is 4.28.